The van der Waals surface area contributed by atoms with Crippen LogP contribution >= 0.6 is 0 Å². The smallest absolute Gasteiger partial charge is 0.270 e. The van der Waals surface area contributed by atoms with Crippen molar-refractivity contribution in [2.45, 2.75) is 57.9 Å². The summed E-state index contributed by atoms with van der Waals surface area (Å²) in [5.41, 5.74) is 0.215. The van der Waals surface area contributed by atoms with Gasteiger partial charge in [0.25, 0.3) is 5.92 Å². The highest BCUT2D eigenvalue weighted by molar-refractivity contribution is 5.92. The summed E-state index contributed by atoms with van der Waals surface area (Å²) in [7, 11) is 0. The van der Waals surface area contributed by atoms with Gasteiger partial charge in [-0.2, -0.15) is 0 Å². The average Bonchev–Trinajstić information content (AvgIpc) is 3.32. The van der Waals surface area contributed by atoms with E-state index in [4.69, 9.17) is 0 Å². The molecule has 2 unspecified atom stereocenters. The number of benzene rings is 1. The zero-order valence-corrected chi connectivity index (χ0v) is 18.2. The Kier molecular flexibility index (Phi) is 7.50. The molecule has 0 bridgehead atoms. The van der Waals surface area contributed by atoms with E-state index in [0.29, 0.717) is 5.69 Å². The molecule has 4 nitrogen and oxygen atoms in total. The van der Waals surface area contributed by atoms with Crippen molar-refractivity contribution in [1.82, 2.24) is 10.2 Å². The van der Waals surface area contributed by atoms with Crippen molar-refractivity contribution in [1.29, 1.82) is 0 Å². The first kappa shape index (κ1) is 22.7. The van der Waals surface area contributed by atoms with E-state index in [-0.39, 0.29) is 18.0 Å². The van der Waals surface area contributed by atoms with Crippen molar-refractivity contribution < 1.29 is 13.6 Å². The Hall–Kier alpha value is -1.95. The maximum absolute atomic E-state index is 13.0. The first-order valence-electron chi connectivity index (χ1n) is 11.1. The van der Waals surface area contributed by atoms with Gasteiger partial charge in [-0.05, 0) is 68.2 Å². The molecule has 1 aliphatic heterocycles. The van der Waals surface area contributed by atoms with Gasteiger partial charge in [0.15, 0.2) is 0 Å². The van der Waals surface area contributed by atoms with Crippen molar-refractivity contribution in [2.24, 2.45) is 17.8 Å². The highest BCUT2D eigenvalue weighted by Crippen LogP contribution is 2.46. The Morgan fingerprint density at radius 1 is 1.23 bits per heavy atom. The molecule has 2 atom stereocenters. The lowest BCUT2D eigenvalue weighted by Crippen LogP contribution is -2.37. The normalized spacial score (nSPS) is 28.0. The molecular formula is C24H35F2N3O. The third kappa shape index (κ3) is 6.53. The number of hydrogen-bond acceptors (Lipinski definition) is 3. The number of piperidine rings is 1. The van der Waals surface area contributed by atoms with Gasteiger partial charge in [0.2, 0.25) is 5.91 Å². The van der Waals surface area contributed by atoms with Crippen molar-refractivity contribution in [3.8, 4) is 0 Å². The van der Waals surface area contributed by atoms with Gasteiger partial charge in [0.05, 0.1) is 6.54 Å². The number of nitrogens with one attached hydrogen (secondary N) is 2. The third-order valence-corrected chi connectivity index (χ3v) is 6.57. The van der Waals surface area contributed by atoms with Gasteiger partial charge in [-0.3, -0.25) is 9.69 Å². The largest absolute Gasteiger partial charge is 0.383 e. The van der Waals surface area contributed by atoms with E-state index in [2.05, 4.69) is 29.0 Å². The number of likely N-dealkylation sites (tertiary alicyclic amines) is 1. The molecule has 0 aromatic heterocycles. The Bertz CT molecular complexity index is 715. The molecule has 3 aliphatic rings. The molecule has 1 saturated heterocycles. The van der Waals surface area contributed by atoms with Crippen molar-refractivity contribution in [3.63, 3.8) is 0 Å². The SMILES string of the molecule is C=CNCC(=O)Nc1cccc(C(C)(F)F)c1.CC1CCC(N2CC3CC3C2)CC1. The van der Waals surface area contributed by atoms with Crippen molar-refractivity contribution in [2.75, 3.05) is 25.0 Å². The summed E-state index contributed by atoms with van der Waals surface area (Å²) in [6.07, 6.45) is 8.88. The molecule has 1 amide bonds. The van der Waals surface area contributed by atoms with Crippen LogP contribution in [0.1, 0.15) is 51.5 Å². The molecule has 30 heavy (non-hydrogen) atoms. The third-order valence-electron chi connectivity index (χ3n) is 6.57. The van der Waals surface area contributed by atoms with Gasteiger partial charge >= 0.3 is 0 Å². The van der Waals surface area contributed by atoms with Gasteiger partial charge in [-0.1, -0.05) is 25.6 Å². The molecule has 0 spiro atoms. The van der Waals surface area contributed by atoms with Crippen LogP contribution in [0.15, 0.2) is 37.0 Å². The molecule has 4 rings (SSSR count). The van der Waals surface area contributed by atoms with Crippen LogP contribution in [-0.2, 0) is 10.7 Å². The van der Waals surface area contributed by atoms with E-state index in [1.54, 1.807) is 12.5 Å². The lowest BCUT2D eigenvalue weighted by Gasteiger charge is -2.34. The average molecular weight is 420 g/mol. The Morgan fingerprint density at radius 3 is 2.50 bits per heavy atom. The fourth-order valence-electron chi connectivity index (χ4n) is 4.58. The number of carbonyl (C=O) groups excluding carboxylic acids is 1. The highest BCUT2D eigenvalue weighted by atomic mass is 19.3. The van der Waals surface area contributed by atoms with Crippen LogP contribution in [0.4, 0.5) is 14.5 Å². The van der Waals surface area contributed by atoms with Crippen LogP contribution < -0.4 is 10.6 Å². The summed E-state index contributed by atoms with van der Waals surface area (Å²) < 4.78 is 26.1. The van der Waals surface area contributed by atoms with Crippen LogP contribution in [0.25, 0.3) is 0 Å². The first-order valence-corrected chi connectivity index (χ1v) is 11.1. The number of nitrogens with zero attached hydrogens (tertiary/aromatic N) is 1. The van der Waals surface area contributed by atoms with Crippen molar-refractivity contribution in [3.05, 3.63) is 42.6 Å². The van der Waals surface area contributed by atoms with E-state index in [9.17, 15) is 13.6 Å². The zero-order chi connectivity index (χ0) is 21.7. The number of hydrogen-bond donors (Lipinski definition) is 2. The summed E-state index contributed by atoms with van der Waals surface area (Å²) in [5, 5.41) is 5.12. The lowest BCUT2D eigenvalue weighted by atomic mass is 9.86. The number of rotatable bonds is 6. The number of carbonyl (C=O) groups is 1. The summed E-state index contributed by atoms with van der Waals surface area (Å²) >= 11 is 0. The number of anilines is 1. The monoisotopic (exact) mass is 419 g/mol. The molecule has 2 saturated carbocycles. The maximum Gasteiger partial charge on any atom is 0.270 e. The molecule has 166 valence electrons. The number of halogens is 2. The predicted molar refractivity (Wildman–Crippen MR) is 117 cm³/mol. The fraction of sp³-hybridized carbons (Fsp3) is 0.625. The molecule has 1 aromatic carbocycles. The number of fused-ring (bicyclic) bond motifs is 1. The molecule has 1 aromatic rings. The molecule has 3 fully saturated rings. The summed E-state index contributed by atoms with van der Waals surface area (Å²) in [5.74, 6) is 0.0219. The summed E-state index contributed by atoms with van der Waals surface area (Å²) in [4.78, 5) is 14.1. The second-order valence-corrected chi connectivity index (χ2v) is 9.23. The molecule has 6 heteroatoms. The Labute approximate surface area is 179 Å². The lowest BCUT2D eigenvalue weighted by molar-refractivity contribution is -0.115. The molecule has 2 N–H and O–H groups in total. The summed E-state index contributed by atoms with van der Waals surface area (Å²) in [6.45, 7) is 9.57. The molecule has 1 heterocycles. The molecule has 2 aliphatic carbocycles. The van der Waals surface area contributed by atoms with E-state index < -0.39 is 5.92 Å². The van der Waals surface area contributed by atoms with Crippen LogP contribution in [-0.4, -0.2) is 36.5 Å². The minimum atomic E-state index is -2.92. The van der Waals surface area contributed by atoms with Gasteiger partial charge in [-0.25, -0.2) is 8.78 Å². The topological polar surface area (TPSA) is 44.4 Å². The summed E-state index contributed by atoms with van der Waals surface area (Å²) in [6, 6.07) is 6.58. The van der Waals surface area contributed by atoms with Gasteiger partial charge in [-0.15, -0.1) is 0 Å². The minimum Gasteiger partial charge on any atom is -0.383 e. The number of alkyl halides is 2. The number of amides is 1. The Morgan fingerprint density at radius 2 is 1.90 bits per heavy atom. The standard InChI is InChI=1S/C12H14F2N2O.C12H21N/c1-3-15-8-11(17)16-10-6-4-5-9(7-10)12(2,13)14;1-9-2-4-12(5-3-9)13-7-10-6-11(10)8-13/h3-7,15H,1,8H2,2H3,(H,16,17);9-12H,2-8H2,1H3. The van der Waals surface area contributed by atoms with Crippen molar-refractivity contribution >= 4 is 11.6 Å². The van der Waals surface area contributed by atoms with Crippen LogP contribution in [0.2, 0.25) is 0 Å². The van der Waals surface area contributed by atoms with Gasteiger partial charge in [0.1, 0.15) is 0 Å². The van der Waals surface area contributed by atoms with E-state index in [0.717, 1.165) is 30.7 Å². The van der Waals surface area contributed by atoms with Crippen LogP contribution in [0.3, 0.4) is 0 Å². The van der Waals surface area contributed by atoms with Crippen LogP contribution in [0, 0.1) is 17.8 Å². The van der Waals surface area contributed by atoms with Gasteiger partial charge < -0.3 is 10.6 Å². The predicted octanol–water partition coefficient (Wildman–Crippen LogP) is 4.99. The minimum absolute atomic E-state index is 0.0518. The van der Waals surface area contributed by atoms with Crippen LogP contribution in [0.5, 0.6) is 0 Å². The Balaban J connectivity index is 0.000000175. The quantitative estimate of drug-likeness (QED) is 0.683. The van der Waals surface area contributed by atoms with Gasteiger partial charge in [0, 0.05) is 37.3 Å². The molecular weight excluding hydrogens is 384 g/mol. The van der Waals surface area contributed by atoms with E-state index in [1.165, 1.54) is 63.2 Å². The zero-order valence-electron chi connectivity index (χ0n) is 18.2. The molecule has 0 radical (unpaired) electrons. The second-order valence-electron chi connectivity index (χ2n) is 9.23. The van der Waals surface area contributed by atoms with E-state index >= 15 is 0 Å². The van der Waals surface area contributed by atoms with E-state index in [1.807, 2.05) is 0 Å². The second kappa shape index (κ2) is 9.90. The fourth-order valence-corrected chi connectivity index (χ4v) is 4.58. The highest BCUT2D eigenvalue weighted by Gasteiger charge is 2.46. The maximum atomic E-state index is 13.0. The first-order chi connectivity index (χ1) is 14.3.